The number of anilines is 2. The quantitative estimate of drug-likeness (QED) is 0.113. The molecule has 3 aromatic carbocycles. The third-order valence-corrected chi connectivity index (χ3v) is 6.65. The van der Waals surface area contributed by atoms with Crippen LogP contribution in [0.15, 0.2) is 79.3 Å². The second-order valence-electron chi connectivity index (χ2n) is 9.84. The van der Waals surface area contributed by atoms with Crippen molar-refractivity contribution >= 4 is 28.1 Å². The number of hydrazine groups is 1. The SMILES string of the molecule is COCCOc1cc2ncnc(Nc3cccc(/C(N)=C/N(N)C(C)(C)c4ccccc4)c3)c2cc1OCCOC. The van der Waals surface area contributed by atoms with E-state index in [0.717, 1.165) is 22.2 Å². The van der Waals surface area contributed by atoms with Gasteiger partial charge in [0.1, 0.15) is 25.4 Å². The van der Waals surface area contributed by atoms with Crippen LogP contribution in [0.25, 0.3) is 16.6 Å². The first-order valence-electron chi connectivity index (χ1n) is 13.3. The van der Waals surface area contributed by atoms with E-state index in [1.165, 1.54) is 6.33 Å². The minimum atomic E-state index is -0.462. The average Bonchev–Trinajstić information content (AvgIpc) is 2.98. The number of aromatic nitrogens is 2. The van der Waals surface area contributed by atoms with Gasteiger partial charge >= 0.3 is 0 Å². The van der Waals surface area contributed by atoms with E-state index in [1.807, 2.05) is 80.6 Å². The van der Waals surface area contributed by atoms with Gasteiger partial charge in [-0.1, -0.05) is 42.5 Å². The van der Waals surface area contributed by atoms with Crippen molar-refractivity contribution in [3.63, 3.8) is 0 Å². The van der Waals surface area contributed by atoms with E-state index in [9.17, 15) is 0 Å². The number of nitrogens with one attached hydrogen (secondary N) is 1. The monoisotopic (exact) mass is 558 g/mol. The van der Waals surface area contributed by atoms with Crippen molar-refractivity contribution in [1.82, 2.24) is 15.0 Å². The van der Waals surface area contributed by atoms with Crippen LogP contribution in [-0.2, 0) is 15.0 Å². The summed E-state index contributed by atoms with van der Waals surface area (Å²) >= 11 is 0. The van der Waals surface area contributed by atoms with Crippen LogP contribution in [0.5, 0.6) is 11.5 Å². The van der Waals surface area contributed by atoms with Crippen molar-refractivity contribution in [2.45, 2.75) is 19.4 Å². The molecule has 0 saturated heterocycles. The van der Waals surface area contributed by atoms with Crippen LogP contribution in [0.4, 0.5) is 11.5 Å². The average molecular weight is 559 g/mol. The van der Waals surface area contributed by atoms with Gasteiger partial charge in [-0.3, -0.25) is 0 Å². The highest BCUT2D eigenvalue weighted by Gasteiger charge is 2.25. The van der Waals surface area contributed by atoms with E-state index in [-0.39, 0.29) is 0 Å². The Morgan fingerprint density at radius 3 is 2.24 bits per heavy atom. The number of nitrogens with zero attached hydrogens (tertiary/aromatic N) is 3. The number of nitrogens with two attached hydrogens (primary N) is 2. The van der Waals surface area contributed by atoms with Crippen LogP contribution in [0.1, 0.15) is 25.0 Å². The highest BCUT2D eigenvalue weighted by atomic mass is 16.5. The number of hydrogen-bond acceptors (Lipinski definition) is 10. The molecular formula is C31H38N6O4. The third kappa shape index (κ3) is 7.43. The lowest BCUT2D eigenvalue weighted by molar-refractivity contribution is 0.132. The molecule has 1 aromatic heterocycles. The highest BCUT2D eigenvalue weighted by Crippen LogP contribution is 2.35. The molecule has 5 N–H and O–H groups in total. The summed E-state index contributed by atoms with van der Waals surface area (Å²) in [6.45, 7) is 5.73. The number of rotatable bonds is 14. The molecule has 0 aliphatic rings. The van der Waals surface area contributed by atoms with E-state index in [2.05, 4.69) is 15.3 Å². The molecule has 0 amide bonds. The summed E-state index contributed by atoms with van der Waals surface area (Å²) in [4.78, 5) is 8.94. The molecule has 0 unspecified atom stereocenters. The van der Waals surface area contributed by atoms with E-state index in [4.69, 9.17) is 30.5 Å². The van der Waals surface area contributed by atoms with Crippen molar-refractivity contribution in [1.29, 1.82) is 0 Å². The van der Waals surface area contributed by atoms with Gasteiger partial charge in [-0.2, -0.15) is 0 Å². The molecule has 0 bridgehead atoms. The fourth-order valence-electron chi connectivity index (χ4n) is 4.15. The Balaban J connectivity index is 1.60. The molecule has 216 valence electrons. The smallest absolute Gasteiger partial charge is 0.163 e. The van der Waals surface area contributed by atoms with E-state index < -0.39 is 5.54 Å². The summed E-state index contributed by atoms with van der Waals surface area (Å²) in [6.07, 6.45) is 3.26. The third-order valence-electron chi connectivity index (χ3n) is 6.65. The standard InChI is InChI=1S/C31H38N6O4/c1-31(2,23-10-6-5-7-11-23)37(33)20-26(32)22-9-8-12-24(17-22)36-30-25-18-28(40-15-13-38-3)29(41-16-14-39-4)19-27(25)34-21-35-30/h5-12,17-21H,13-16,32-33H2,1-4H3,(H,34,35,36)/b26-20-. The Kier molecular flexibility index (Phi) is 9.96. The first-order valence-corrected chi connectivity index (χ1v) is 13.3. The lowest BCUT2D eigenvalue weighted by Crippen LogP contribution is -2.43. The van der Waals surface area contributed by atoms with Crippen LogP contribution in [0.3, 0.4) is 0 Å². The molecule has 10 nitrogen and oxygen atoms in total. The number of ether oxygens (including phenoxy) is 4. The topological polar surface area (TPSA) is 130 Å². The van der Waals surface area contributed by atoms with Gasteiger partial charge in [0.25, 0.3) is 0 Å². The maximum absolute atomic E-state index is 6.50. The normalized spacial score (nSPS) is 11.9. The molecular weight excluding hydrogens is 520 g/mol. The lowest BCUT2D eigenvalue weighted by atomic mass is 9.94. The minimum absolute atomic E-state index is 0.367. The molecule has 0 spiro atoms. The Bertz CT molecular complexity index is 1460. The van der Waals surface area contributed by atoms with Crippen molar-refractivity contribution in [3.8, 4) is 11.5 Å². The summed E-state index contributed by atoms with van der Waals surface area (Å²) in [5, 5.41) is 5.80. The van der Waals surface area contributed by atoms with Gasteiger partial charge in [0.05, 0.1) is 30.0 Å². The summed E-state index contributed by atoms with van der Waals surface area (Å²) in [7, 11) is 3.25. The molecule has 41 heavy (non-hydrogen) atoms. The lowest BCUT2D eigenvalue weighted by Gasteiger charge is -2.35. The zero-order valence-corrected chi connectivity index (χ0v) is 24.0. The van der Waals surface area contributed by atoms with Crippen molar-refractivity contribution in [2.24, 2.45) is 11.6 Å². The van der Waals surface area contributed by atoms with Gasteiger partial charge in [-0.05, 0) is 37.6 Å². The van der Waals surface area contributed by atoms with E-state index in [0.29, 0.717) is 55.0 Å². The highest BCUT2D eigenvalue weighted by molar-refractivity contribution is 5.93. The minimum Gasteiger partial charge on any atom is -0.487 e. The van der Waals surface area contributed by atoms with Crippen LogP contribution in [-0.4, -0.2) is 55.6 Å². The zero-order chi connectivity index (χ0) is 29.2. The molecule has 4 aromatic rings. The van der Waals surface area contributed by atoms with Gasteiger partial charge < -0.3 is 35.0 Å². The molecule has 0 saturated carbocycles. The Morgan fingerprint density at radius 2 is 1.56 bits per heavy atom. The Hall–Kier alpha value is -4.38. The molecule has 4 rings (SSSR count). The van der Waals surface area contributed by atoms with Crippen molar-refractivity contribution in [3.05, 3.63) is 90.4 Å². The summed E-state index contributed by atoms with van der Waals surface area (Å²) in [5.74, 6) is 8.21. The number of benzene rings is 3. The van der Waals surface area contributed by atoms with Crippen LogP contribution < -0.4 is 26.4 Å². The fraction of sp³-hybridized carbons (Fsp3) is 0.290. The summed E-state index contributed by atoms with van der Waals surface area (Å²) in [5.41, 5.74) is 9.96. The largest absolute Gasteiger partial charge is 0.487 e. The molecule has 0 aliphatic heterocycles. The van der Waals surface area contributed by atoms with E-state index >= 15 is 0 Å². The molecule has 0 aliphatic carbocycles. The molecule has 10 heteroatoms. The molecule has 0 atom stereocenters. The van der Waals surface area contributed by atoms with E-state index in [1.54, 1.807) is 25.4 Å². The van der Waals surface area contributed by atoms with Crippen LogP contribution >= 0.6 is 0 Å². The van der Waals surface area contributed by atoms with Gasteiger partial charge in [-0.25, -0.2) is 15.8 Å². The number of fused-ring (bicyclic) bond motifs is 1. The second-order valence-corrected chi connectivity index (χ2v) is 9.84. The van der Waals surface area contributed by atoms with Crippen molar-refractivity contribution in [2.75, 3.05) is 46.0 Å². The summed E-state index contributed by atoms with van der Waals surface area (Å²) in [6, 6.07) is 21.5. The predicted molar refractivity (Wildman–Crippen MR) is 162 cm³/mol. The maximum atomic E-state index is 6.50. The van der Waals surface area contributed by atoms with Gasteiger partial charge in [-0.15, -0.1) is 0 Å². The van der Waals surface area contributed by atoms with Gasteiger partial charge in [0.2, 0.25) is 0 Å². The molecule has 0 radical (unpaired) electrons. The van der Waals surface area contributed by atoms with Gasteiger partial charge in [0.15, 0.2) is 11.5 Å². The van der Waals surface area contributed by atoms with Crippen LogP contribution in [0.2, 0.25) is 0 Å². The Morgan fingerprint density at radius 1 is 0.878 bits per heavy atom. The predicted octanol–water partition coefficient (Wildman–Crippen LogP) is 4.79. The van der Waals surface area contributed by atoms with Gasteiger partial charge in [0, 0.05) is 43.1 Å². The first-order chi connectivity index (χ1) is 19.8. The fourth-order valence-corrected chi connectivity index (χ4v) is 4.15. The summed E-state index contributed by atoms with van der Waals surface area (Å²) < 4.78 is 22.1. The molecule has 0 fully saturated rings. The zero-order valence-electron chi connectivity index (χ0n) is 24.0. The number of methoxy groups -OCH3 is 2. The second kappa shape index (κ2) is 13.8. The van der Waals surface area contributed by atoms with Crippen LogP contribution in [0, 0.1) is 0 Å². The first kappa shape index (κ1) is 29.6. The maximum Gasteiger partial charge on any atom is 0.163 e. The Labute approximate surface area is 240 Å². The van der Waals surface area contributed by atoms with Crippen molar-refractivity contribution < 1.29 is 18.9 Å². The molecule has 1 heterocycles. The number of hydrogen-bond donors (Lipinski definition) is 3.